The first-order chi connectivity index (χ1) is 16.6. The molecule has 1 fully saturated rings. The van der Waals surface area contributed by atoms with Crippen molar-refractivity contribution in [2.24, 2.45) is 0 Å². The number of carbonyl (C=O) groups is 2. The van der Waals surface area contributed by atoms with E-state index in [4.69, 9.17) is 9.47 Å². The standard InChI is InChI=1S/C26H32N4O4/c1-29-11-5-6-18-14-19(7-9-21(18)29)22(30-12-3-2-4-13-30)16-27-25(31)26(32)28-20-8-10-23-24(15-20)34-17-33-23/h7-10,14-15,22H,2-6,11-13,16-17H2,1H3,(H,27,31)(H,28,32)/t22-/m1/s1. The molecule has 34 heavy (non-hydrogen) atoms. The molecule has 0 aliphatic carbocycles. The van der Waals surface area contributed by atoms with Crippen LogP contribution in [0.5, 0.6) is 11.5 Å². The van der Waals surface area contributed by atoms with Gasteiger partial charge in [-0.1, -0.05) is 18.6 Å². The summed E-state index contributed by atoms with van der Waals surface area (Å²) in [6.07, 6.45) is 5.77. The lowest BCUT2D eigenvalue weighted by molar-refractivity contribution is -0.136. The van der Waals surface area contributed by atoms with Gasteiger partial charge in [-0.25, -0.2) is 0 Å². The van der Waals surface area contributed by atoms with Crippen LogP contribution in [0.4, 0.5) is 11.4 Å². The number of hydrogen-bond acceptors (Lipinski definition) is 6. The molecule has 1 atom stereocenters. The van der Waals surface area contributed by atoms with Crippen LogP contribution in [0.1, 0.15) is 42.9 Å². The number of nitrogens with one attached hydrogen (secondary N) is 2. The van der Waals surface area contributed by atoms with Crippen LogP contribution in [0, 0.1) is 0 Å². The maximum atomic E-state index is 12.7. The highest BCUT2D eigenvalue weighted by Gasteiger charge is 2.26. The molecule has 0 saturated carbocycles. The lowest BCUT2D eigenvalue weighted by atomic mass is 9.95. The van der Waals surface area contributed by atoms with Crippen LogP contribution >= 0.6 is 0 Å². The van der Waals surface area contributed by atoms with Gasteiger partial charge in [0.05, 0.1) is 6.04 Å². The molecule has 2 aromatic carbocycles. The van der Waals surface area contributed by atoms with Gasteiger partial charge in [-0.3, -0.25) is 14.5 Å². The summed E-state index contributed by atoms with van der Waals surface area (Å²) in [5, 5.41) is 5.54. The van der Waals surface area contributed by atoms with Crippen LogP contribution in [-0.2, 0) is 16.0 Å². The second-order valence-corrected chi connectivity index (χ2v) is 9.26. The third kappa shape index (κ3) is 4.82. The zero-order valence-electron chi connectivity index (χ0n) is 19.6. The monoisotopic (exact) mass is 464 g/mol. The molecule has 3 aliphatic heterocycles. The summed E-state index contributed by atoms with van der Waals surface area (Å²) < 4.78 is 10.6. The Bertz CT molecular complexity index is 1070. The Morgan fingerprint density at radius 3 is 2.62 bits per heavy atom. The Labute approximate surface area is 200 Å². The van der Waals surface area contributed by atoms with Crippen molar-refractivity contribution >= 4 is 23.2 Å². The number of likely N-dealkylation sites (tertiary alicyclic amines) is 1. The number of nitrogens with zero attached hydrogens (tertiary/aromatic N) is 2. The van der Waals surface area contributed by atoms with Crippen LogP contribution in [0.3, 0.4) is 0 Å². The SMILES string of the molecule is CN1CCCc2cc([C@@H](CNC(=O)C(=O)Nc3ccc4c(c3)OCO4)N3CCCCC3)ccc21. The van der Waals surface area contributed by atoms with Crippen molar-refractivity contribution in [2.75, 3.05) is 50.2 Å². The number of ether oxygens (including phenoxy) is 2. The van der Waals surface area contributed by atoms with Gasteiger partial charge in [0.15, 0.2) is 11.5 Å². The van der Waals surface area contributed by atoms with Crippen molar-refractivity contribution in [3.8, 4) is 11.5 Å². The van der Waals surface area contributed by atoms with Gasteiger partial charge in [-0.05, 0) is 68.1 Å². The number of carbonyl (C=O) groups excluding carboxylic acids is 2. The summed E-state index contributed by atoms with van der Waals surface area (Å²) in [5.41, 5.74) is 4.35. The van der Waals surface area contributed by atoms with Crippen molar-refractivity contribution < 1.29 is 19.1 Å². The maximum Gasteiger partial charge on any atom is 0.313 e. The van der Waals surface area contributed by atoms with E-state index in [-0.39, 0.29) is 12.8 Å². The molecule has 2 aromatic rings. The first kappa shape index (κ1) is 22.5. The van der Waals surface area contributed by atoms with Gasteiger partial charge in [0, 0.05) is 37.6 Å². The fourth-order valence-corrected chi connectivity index (χ4v) is 5.13. The van der Waals surface area contributed by atoms with Gasteiger partial charge in [0.2, 0.25) is 6.79 Å². The van der Waals surface area contributed by atoms with E-state index in [1.54, 1.807) is 18.2 Å². The molecule has 180 valence electrons. The zero-order valence-corrected chi connectivity index (χ0v) is 19.6. The van der Waals surface area contributed by atoms with Crippen molar-refractivity contribution in [2.45, 2.75) is 38.1 Å². The quantitative estimate of drug-likeness (QED) is 0.662. The van der Waals surface area contributed by atoms with Gasteiger partial charge in [-0.2, -0.15) is 0 Å². The van der Waals surface area contributed by atoms with Gasteiger partial charge in [-0.15, -0.1) is 0 Å². The summed E-state index contributed by atoms with van der Waals surface area (Å²) >= 11 is 0. The number of piperidine rings is 1. The van der Waals surface area contributed by atoms with E-state index in [1.807, 2.05) is 0 Å². The summed E-state index contributed by atoms with van der Waals surface area (Å²) in [7, 11) is 2.14. The minimum Gasteiger partial charge on any atom is -0.454 e. The van der Waals surface area contributed by atoms with Gasteiger partial charge in [0.25, 0.3) is 0 Å². The van der Waals surface area contributed by atoms with E-state index in [2.05, 4.69) is 45.7 Å². The van der Waals surface area contributed by atoms with E-state index >= 15 is 0 Å². The molecule has 0 aromatic heterocycles. The molecule has 8 heteroatoms. The van der Waals surface area contributed by atoms with Gasteiger partial charge in [0.1, 0.15) is 0 Å². The largest absolute Gasteiger partial charge is 0.454 e. The molecule has 2 N–H and O–H groups in total. The highest BCUT2D eigenvalue weighted by molar-refractivity contribution is 6.39. The van der Waals surface area contributed by atoms with E-state index in [1.165, 1.54) is 23.2 Å². The average molecular weight is 465 g/mol. The first-order valence-electron chi connectivity index (χ1n) is 12.2. The molecule has 0 spiro atoms. The number of anilines is 2. The summed E-state index contributed by atoms with van der Waals surface area (Å²) in [6.45, 7) is 3.63. The Morgan fingerprint density at radius 2 is 1.76 bits per heavy atom. The van der Waals surface area contributed by atoms with Crippen LogP contribution < -0.4 is 25.0 Å². The molecule has 3 aliphatic rings. The van der Waals surface area contributed by atoms with Crippen molar-refractivity contribution in [3.05, 3.63) is 47.5 Å². The highest BCUT2D eigenvalue weighted by atomic mass is 16.7. The summed E-state index contributed by atoms with van der Waals surface area (Å²) in [5.74, 6) is -0.148. The topological polar surface area (TPSA) is 83.1 Å². The smallest absolute Gasteiger partial charge is 0.313 e. The number of benzene rings is 2. The second-order valence-electron chi connectivity index (χ2n) is 9.26. The highest BCUT2D eigenvalue weighted by Crippen LogP contribution is 2.34. The number of rotatable bonds is 5. The minimum atomic E-state index is -0.691. The third-order valence-corrected chi connectivity index (χ3v) is 6.96. The van der Waals surface area contributed by atoms with Crippen LogP contribution in [0.15, 0.2) is 36.4 Å². The van der Waals surface area contributed by atoms with Gasteiger partial charge < -0.3 is 25.0 Å². The van der Waals surface area contributed by atoms with Crippen molar-refractivity contribution in [1.29, 1.82) is 0 Å². The Morgan fingerprint density at radius 1 is 0.941 bits per heavy atom. The fraction of sp³-hybridized carbons (Fsp3) is 0.462. The molecular formula is C26H32N4O4. The van der Waals surface area contributed by atoms with Crippen molar-refractivity contribution in [1.82, 2.24) is 10.2 Å². The zero-order chi connectivity index (χ0) is 23.5. The minimum absolute atomic E-state index is 0.0418. The fourth-order valence-electron chi connectivity index (χ4n) is 5.13. The maximum absolute atomic E-state index is 12.7. The van der Waals surface area contributed by atoms with Gasteiger partial charge >= 0.3 is 11.8 Å². The van der Waals surface area contributed by atoms with E-state index in [0.29, 0.717) is 23.7 Å². The van der Waals surface area contributed by atoms with Crippen LogP contribution in [0.25, 0.3) is 0 Å². The first-order valence-corrected chi connectivity index (χ1v) is 12.2. The number of hydrogen-bond donors (Lipinski definition) is 2. The number of aryl methyl sites for hydroxylation is 1. The normalized spacial score (nSPS) is 18.2. The molecule has 0 bridgehead atoms. The van der Waals surface area contributed by atoms with E-state index < -0.39 is 11.8 Å². The molecule has 5 rings (SSSR count). The molecule has 3 heterocycles. The van der Waals surface area contributed by atoms with E-state index in [0.717, 1.165) is 45.3 Å². The average Bonchev–Trinajstić information content (AvgIpc) is 3.33. The predicted octanol–water partition coefficient (Wildman–Crippen LogP) is 3.08. The number of amides is 2. The van der Waals surface area contributed by atoms with Crippen molar-refractivity contribution in [3.63, 3.8) is 0 Å². The Balaban J connectivity index is 1.27. The molecule has 0 unspecified atom stereocenters. The predicted molar refractivity (Wildman–Crippen MR) is 130 cm³/mol. The molecule has 0 radical (unpaired) electrons. The molecular weight excluding hydrogens is 432 g/mol. The summed E-state index contributed by atoms with van der Waals surface area (Å²) in [4.78, 5) is 30.0. The Hall–Kier alpha value is -3.26. The molecule has 1 saturated heterocycles. The van der Waals surface area contributed by atoms with Crippen LogP contribution in [0.2, 0.25) is 0 Å². The lowest BCUT2D eigenvalue weighted by Crippen LogP contribution is -2.43. The molecule has 8 nitrogen and oxygen atoms in total. The van der Waals surface area contributed by atoms with Crippen LogP contribution in [-0.4, -0.2) is 56.7 Å². The second kappa shape index (κ2) is 9.93. The third-order valence-electron chi connectivity index (χ3n) is 6.96. The van der Waals surface area contributed by atoms with E-state index in [9.17, 15) is 9.59 Å². The molecule has 2 amide bonds. The summed E-state index contributed by atoms with van der Waals surface area (Å²) in [6, 6.07) is 11.8. The lowest BCUT2D eigenvalue weighted by Gasteiger charge is -2.36. The number of fused-ring (bicyclic) bond motifs is 2. The Kier molecular flexibility index (Phi) is 6.58.